The molecule has 0 aromatic heterocycles. The molecule has 3 nitrogen and oxygen atoms in total. The van der Waals surface area contributed by atoms with Gasteiger partial charge in [-0.2, -0.15) is 0 Å². The maximum absolute atomic E-state index is 10.2. The van der Waals surface area contributed by atoms with Gasteiger partial charge in [0.05, 0.1) is 5.60 Å². The van der Waals surface area contributed by atoms with Gasteiger partial charge in [-0.1, -0.05) is 13.8 Å². The minimum Gasteiger partial charge on any atom is -0.390 e. The normalized spacial score (nSPS) is 22.4. The summed E-state index contributed by atoms with van der Waals surface area (Å²) in [5.74, 6) is 0.729. The topological polar surface area (TPSA) is 35.8 Å². The van der Waals surface area contributed by atoms with Gasteiger partial charge in [0.2, 0.25) is 0 Å². The number of aliphatic hydroxyl groups is 1. The van der Waals surface area contributed by atoms with E-state index in [0.717, 1.165) is 31.6 Å². The summed E-state index contributed by atoms with van der Waals surface area (Å²) in [6.45, 7) is 15.8. The maximum atomic E-state index is 10.2. The second-order valence-electron chi connectivity index (χ2n) is 6.65. The summed E-state index contributed by atoms with van der Waals surface area (Å²) in [5, 5.41) is 10.2. The van der Waals surface area contributed by atoms with Crippen molar-refractivity contribution in [3.8, 4) is 0 Å². The van der Waals surface area contributed by atoms with Gasteiger partial charge in [-0.25, -0.2) is 0 Å². The first-order valence-corrected chi connectivity index (χ1v) is 7.58. The van der Waals surface area contributed by atoms with Gasteiger partial charge in [0, 0.05) is 30.4 Å². The summed E-state index contributed by atoms with van der Waals surface area (Å²) in [6.07, 6.45) is 6.42. The molecule has 20 heavy (non-hydrogen) atoms. The smallest absolute Gasteiger partial charge is 0.0636 e. The lowest BCUT2D eigenvalue weighted by atomic mass is 9.84. The van der Waals surface area contributed by atoms with Crippen LogP contribution in [0.4, 0.5) is 0 Å². The zero-order valence-corrected chi connectivity index (χ0v) is 13.7. The number of rotatable bonds is 5. The lowest BCUT2D eigenvalue weighted by molar-refractivity contribution is -0.0120. The summed E-state index contributed by atoms with van der Waals surface area (Å²) in [5.41, 5.74) is 1.65. The van der Waals surface area contributed by atoms with Crippen LogP contribution in [-0.4, -0.2) is 35.4 Å². The fourth-order valence-corrected chi connectivity index (χ4v) is 2.61. The van der Waals surface area contributed by atoms with Crippen LogP contribution < -0.4 is 0 Å². The Hall–Kier alpha value is -1.09. The van der Waals surface area contributed by atoms with E-state index in [1.165, 1.54) is 5.70 Å². The van der Waals surface area contributed by atoms with Gasteiger partial charge in [-0.05, 0) is 58.4 Å². The first-order chi connectivity index (χ1) is 9.25. The highest BCUT2D eigenvalue weighted by Crippen LogP contribution is 2.28. The summed E-state index contributed by atoms with van der Waals surface area (Å²) in [7, 11) is 0. The molecule has 0 aromatic rings. The number of piperidine rings is 1. The third-order valence-electron chi connectivity index (χ3n) is 4.19. The molecule has 1 aliphatic rings. The standard InChI is InChI=1S/C17H30N2O/c1-13(2)16(18-6)10-9-14(3)19-11-7-8-15(12-19)17(4,5)20/h9-10,13,15,20H,6-8,11-12H2,1-5H3/b14-9+,16-10-. The van der Waals surface area contributed by atoms with Crippen molar-refractivity contribution >= 4 is 6.72 Å². The Morgan fingerprint density at radius 1 is 1.40 bits per heavy atom. The summed E-state index contributed by atoms with van der Waals surface area (Å²) < 4.78 is 0. The highest BCUT2D eigenvalue weighted by Gasteiger charge is 2.31. The Kier molecular flexibility index (Phi) is 6.00. The molecule has 114 valence electrons. The van der Waals surface area contributed by atoms with Crippen molar-refractivity contribution in [2.24, 2.45) is 16.8 Å². The number of nitrogens with zero attached hydrogens (tertiary/aromatic N) is 2. The van der Waals surface area contributed by atoms with Crippen LogP contribution in [0.15, 0.2) is 28.5 Å². The van der Waals surface area contributed by atoms with E-state index in [9.17, 15) is 5.11 Å². The molecule has 1 aliphatic heterocycles. The molecule has 1 heterocycles. The van der Waals surface area contributed by atoms with Crippen molar-refractivity contribution in [1.29, 1.82) is 0 Å². The van der Waals surface area contributed by atoms with Crippen LogP contribution in [0.1, 0.15) is 47.5 Å². The predicted octanol–water partition coefficient (Wildman–Crippen LogP) is 3.61. The zero-order valence-electron chi connectivity index (χ0n) is 13.7. The van der Waals surface area contributed by atoms with Crippen LogP contribution in [-0.2, 0) is 0 Å². The summed E-state index contributed by atoms with van der Waals surface area (Å²) in [6, 6.07) is 0. The fraction of sp³-hybridized carbons (Fsp3) is 0.706. The quantitative estimate of drug-likeness (QED) is 0.616. The van der Waals surface area contributed by atoms with E-state index in [0.29, 0.717) is 11.8 Å². The molecule has 0 aromatic carbocycles. The first kappa shape index (κ1) is 17.0. The van der Waals surface area contributed by atoms with Crippen LogP contribution >= 0.6 is 0 Å². The second-order valence-corrected chi connectivity index (χ2v) is 6.65. The van der Waals surface area contributed by atoms with E-state index in [2.05, 4.69) is 49.5 Å². The average Bonchev–Trinajstić information content (AvgIpc) is 2.38. The molecular formula is C17H30N2O. The van der Waals surface area contributed by atoms with E-state index in [-0.39, 0.29) is 0 Å². The molecule has 1 N–H and O–H groups in total. The molecule has 0 bridgehead atoms. The molecule has 1 unspecified atom stereocenters. The van der Waals surface area contributed by atoms with Crippen LogP contribution in [0.5, 0.6) is 0 Å². The zero-order chi connectivity index (χ0) is 15.3. The molecule has 0 aliphatic carbocycles. The van der Waals surface area contributed by atoms with Gasteiger partial charge >= 0.3 is 0 Å². The number of hydrogen-bond donors (Lipinski definition) is 1. The van der Waals surface area contributed by atoms with E-state index in [1.807, 2.05) is 13.8 Å². The number of likely N-dealkylation sites (tertiary alicyclic amines) is 1. The number of allylic oxidation sites excluding steroid dienone is 4. The molecule has 0 spiro atoms. The molecule has 0 saturated carbocycles. The number of hydrogen-bond acceptors (Lipinski definition) is 3. The second kappa shape index (κ2) is 7.07. The van der Waals surface area contributed by atoms with Crippen molar-refractivity contribution in [3.63, 3.8) is 0 Å². The van der Waals surface area contributed by atoms with Crippen molar-refractivity contribution in [1.82, 2.24) is 4.90 Å². The average molecular weight is 278 g/mol. The minimum absolute atomic E-state index is 0.339. The molecular weight excluding hydrogens is 248 g/mol. The van der Waals surface area contributed by atoms with Gasteiger partial charge in [0.15, 0.2) is 0 Å². The van der Waals surface area contributed by atoms with Gasteiger partial charge in [-0.3, -0.25) is 4.99 Å². The van der Waals surface area contributed by atoms with E-state index in [1.54, 1.807) is 0 Å². The molecule has 3 heteroatoms. The van der Waals surface area contributed by atoms with E-state index < -0.39 is 5.60 Å². The van der Waals surface area contributed by atoms with Gasteiger partial charge < -0.3 is 10.0 Å². The fourth-order valence-electron chi connectivity index (χ4n) is 2.61. The lowest BCUT2D eigenvalue weighted by Crippen LogP contribution is -2.43. The highest BCUT2D eigenvalue weighted by atomic mass is 16.3. The largest absolute Gasteiger partial charge is 0.390 e. The highest BCUT2D eigenvalue weighted by molar-refractivity contribution is 5.31. The van der Waals surface area contributed by atoms with Crippen molar-refractivity contribution < 1.29 is 5.11 Å². The van der Waals surface area contributed by atoms with Crippen molar-refractivity contribution in [2.45, 2.75) is 53.1 Å². The monoisotopic (exact) mass is 278 g/mol. The molecule has 0 radical (unpaired) electrons. The SMILES string of the molecule is C=N/C(=C\C=C(/C)N1CCCC(C(C)(C)O)C1)C(C)C. The Morgan fingerprint density at radius 3 is 2.55 bits per heavy atom. The van der Waals surface area contributed by atoms with Crippen LogP contribution in [0.25, 0.3) is 0 Å². The van der Waals surface area contributed by atoms with E-state index >= 15 is 0 Å². The molecule has 0 amide bonds. The Morgan fingerprint density at radius 2 is 2.05 bits per heavy atom. The van der Waals surface area contributed by atoms with Gasteiger partial charge in [0.25, 0.3) is 0 Å². The predicted molar refractivity (Wildman–Crippen MR) is 86.8 cm³/mol. The maximum Gasteiger partial charge on any atom is 0.0636 e. The molecule has 1 saturated heterocycles. The van der Waals surface area contributed by atoms with Crippen LogP contribution in [0.3, 0.4) is 0 Å². The number of aliphatic imine (C=N–C) groups is 1. The van der Waals surface area contributed by atoms with Crippen LogP contribution in [0.2, 0.25) is 0 Å². The Bertz CT molecular complexity index is 388. The third-order valence-corrected chi connectivity index (χ3v) is 4.19. The Balaban J connectivity index is 2.76. The summed E-state index contributed by atoms with van der Waals surface area (Å²) >= 11 is 0. The van der Waals surface area contributed by atoms with Crippen LogP contribution in [0, 0.1) is 11.8 Å². The van der Waals surface area contributed by atoms with Gasteiger partial charge in [0.1, 0.15) is 0 Å². The molecule has 1 atom stereocenters. The van der Waals surface area contributed by atoms with Gasteiger partial charge in [-0.15, -0.1) is 0 Å². The summed E-state index contributed by atoms with van der Waals surface area (Å²) in [4.78, 5) is 6.43. The molecule has 1 fully saturated rings. The van der Waals surface area contributed by atoms with Crippen molar-refractivity contribution in [2.75, 3.05) is 13.1 Å². The first-order valence-electron chi connectivity index (χ1n) is 7.58. The van der Waals surface area contributed by atoms with E-state index in [4.69, 9.17) is 0 Å². The third kappa shape index (κ3) is 4.78. The minimum atomic E-state index is -0.597. The Labute approximate surface area is 124 Å². The lowest BCUT2D eigenvalue weighted by Gasteiger charge is -2.40. The van der Waals surface area contributed by atoms with Crippen molar-refractivity contribution in [3.05, 3.63) is 23.5 Å². The molecule has 1 rings (SSSR count).